The van der Waals surface area contributed by atoms with Crippen LogP contribution in [0.3, 0.4) is 0 Å². The third-order valence-electron chi connectivity index (χ3n) is 4.67. The van der Waals surface area contributed by atoms with Crippen LogP contribution >= 0.6 is 23.2 Å². The smallest absolute Gasteiger partial charge is 0.253 e. The average Bonchev–Trinajstić information content (AvgIpc) is 3.18. The summed E-state index contributed by atoms with van der Waals surface area (Å²) in [6.45, 7) is 1.26. The van der Waals surface area contributed by atoms with Crippen LogP contribution in [0.15, 0.2) is 53.1 Å². The quantitative estimate of drug-likeness (QED) is 0.614. The third kappa shape index (κ3) is 3.99. The van der Waals surface area contributed by atoms with E-state index in [1.807, 2.05) is 17.0 Å². The maximum absolute atomic E-state index is 12.8. The van der Waals surface area contributed by atoms with E-state index in [1.165, 1.54) is 0 Å². The predicted molar refractivity (Wildman–Crippen MR) is 104 cm³/mol. The van der Waals surface area contributed by atoms with E-state index in [0.29, 0.717) is 40.4 Å². The number of carbonyl (C=O) groups excluding carboxylic acids is 1. The highest BCUT2D eigenvalue weighted by atomic mass is 35.5. The molecule has 138 valence electrons. The average molecular weight is 402 g/mol. The standard InChI is InChI=1S/C20H17Cl2N3O2/c21-16-8-6-13(7-9-16)18-23-19(27-24-18)15-4-2-10-25(12-15)20(26)14-3-1-5-17(22)11-14/h1,3,5-9,11,15H,2,4,10,12H2/t15-/m0/s1. The van der Waals surface area contributed by atoms with Gasteiger partial charge in [0, 0.05) is 34.3 Å². The summed E-state index contributed by atoms with van der Waals surface area (Å²) in [5.41, 5.74) is 1.44. The van der Waals surface area contributed by atoms with Gasteiger partial charge >= 0.3 is 0 Å². The van der Waals surface area contributed by atoms with Crippen LogP contribution in [0, 0.1) is 0 Å². The van der Waals surface area contributed by atoms with Gasteiger partial charge in [-0.05, 0) is 55.3 Å². The second-order valence-electron chi connectivity index (χ2n) is 6.56. The van der Waals surface area contributed by atoms with Crippen LogP contribution in [-0.4, -0.2) is 34.0 Å². The number of aromatic nitrogens is 2. The number of piperidine rings is 1. The molecule has 0 radical (unpaired) electrons. The van der Waals surface area contributed by atoms with Crippen molar-refractivity contribution in [3.05, 3.63) is 70.0 Å². The van der Waals surface area contributed by atoms with Gasteiger partial charge in [0.05, 0.1) is 5.92 Å². The Kier molecular flexibility index (Phi) is 5.14. The van der Waals surface area contributed by atoms with E-state index in [9.17, 15) is 4.79 Å². The molecule has 0 bridgehead atoms. The minimum absolute atomic E-state index is 0.0236. The highest BCUT2D eigenvalue weighted by molar-refractivity contribution is 6.31. The summed E-state index contributed by atoms with van der Waals surface area (Å²) in [4.78, 5) is 19.1. The van der Waals surface area contributed by atoms with E-state index in [1.54, 1.807) is 36.4 Å². The fraction of sp³-hybridized carbons (Fsp3) is 0.250. The molecule has 1 fully saturated rings. The van der Waals surface area contributed by atoms with E-state index in [0.717, 1.165) is 18.4 Å². The molecule has 1 saturated heterocycles. The lowest BCUT2D eigenvalue weighted by atomic mass is 9.97. The number of hydrogen-bond donors (Lipinski definition) is 0. The lowest BCUT2D eigenvalue weighted by Gasteiger charge is -2.31. The Morgan fingerprint density at radius 1 is 1.11 bits per heavy atom. The Morgan fingerprint density at radius 2 is 1.93 bits per heavy atom. The van der Waals surface area contributed by atoms with Crippen LogP contribution in [0.4, 0.5) is 0 Å². The van der Waals surface area contributed by atoms with Crippen LogP contribution in [-0.2, 0) is 0 Å². The summed E-state index contributed by atoms with van der Waals surface area (Å²) in [7, 11) is 0. The molecule has 1 aliphatic rings. The van der Waals surface area contributed by atoms with Gasteiger partial charge in [-0.15, -0.1) is 0 Å². The highest BCUT2D eigenvalue weighted by Crippen LogP contribution is 2.29. The Bertz CT molecular complexity index is 956. The molecule has 7 heteroatoms. The maximum atomic E-state index is 12.8. The van der Waals surface area contributed by atoms with E-state index in [4.69, 9.17) is 27.7 Å². The fourth-order valence-electron chi connectivity index (χ4n) is 3.28. The minimum Gasteiger partial charge on any atom is -0.339 e. The summed E-state index contributed by atoms with van der Waals surface area (Å²) in [6.07, 6.45) is 1.79. The fourth-order valence-corrected chi connectivity index (χ4v) is 3.60. The Balaban J connectivity index is 1.50. The topological polar surface area (TPSA) is 59.2 Å². The zero-order chi connectivity index (χ0) is 18.8. The number of rotatable bonds is 3. The molecule has 4 rings (SSSR count). The van der Waals surface area contributed by atoms with Crippen molar-refractivity contribution in [2.24, 2.45) is 0 Å². The highest BCUT2D eigenvalue weighted by Gasteiger charge is 2.29. The Hall–Kier alpha value is -2.37. The first-order chi connectivity index (χ1) is 13.1. The largest absolute Gasteiger partial charge is 0.339 e. The van der Waals surface area contributed by atoms with Crippen LogP contribution in [0.5, 0.6) is 0 Å². The number of carbonyl (C=O) groups is 1. The zero-order valence-electron chi connectivity index (χ0n) is 14.4. The third-order valence-corrected chi connectivity index (χ3v) is 5.16. The number of likely N-dealkylation sites (tertiary alicyclic amines) is 1. The molecule has 0 saturated carbocycles. The molecule has 2 heterocycles. The first kappa shape index (κ1) is 18.0. The molecule has 0 unspecified atom stereocenters. The second-order valence-corrected chi connectivity index (χ2v) is 7.44. The van der Waals surface area contributed by atoms with E-state index >= 15 is 0 Å². The van der Waals surface area contributed by atoms with Gasteiger partial charge in [-0.3, -0.25) is 4.79 Å². The lowest BCUT2D eigenvalue weighted by molar-refractivity contribution is 0.0695. The monoisotopic (exact) mass is 401 g/mol. The number of amides is 1. The predicted octanol–water partition coefficient (Wildman–Crippen LogP) is 5.06. The summed E-state index contributed by atoms with van der Waals surface area (Å²) < 4.78 is 5.49. The molecule has 5 nitrogen and oxygen atoms in total. The molecule has 1 atom stereocenters. The van der Waals surface area contributed by atoms with Crippen molar-refractivity contribution < 1.29 is 9.32 Å². The van der Waals surface area contributed by atoms with E-state index < -0.39 is 0 Å². The summed E-state index contributed by atoms with van der Waals surface area (Å²) >= 11 is 11.9. The molecule has 1 amide bonds. The van der Waals surface area contributed by atoms with Crippen molar-refractivity contribution in [2.45, 2.75) is 18.8 Å². The summed E-state index contributed by atoms with van der Waals surface area (Å²) in [5, 5.41) is 5.29. The van der Waals surface area contributed by atoms with Gasteiger partial charge in [0.1, 0.15) is 0 Å². The molecule has 0 spiro atoms. The molecular formula is C20H17Cl2N3O2. The van der Waals surface area contributed by atoms with Crippen molar-refractivity contribution in [1.29, 1.82) is 0 Å². The molecule has 1 aromatic heterocycles. The van der Waals surface area contributed by atoms with Crippen LogP contribution in [0.2, 0.25) is 10.0 Å². The van der Waals surface area contributed by atoms with Gasteiger partial charge in [0.2, 0.25) is 11.7 Å². The SMILES string of the molecule is O=C(c1cccc(Cl)c1)N1CCC[C@H](c2nc(-c3ccc(Cl)cc3)no2)C1. The van der Waals surface area contributed by atoms with Crippen molar-refractivity contribution in [2.75, 3.05) is 13.1 Å². The normalized spacial score (nSPS) is 17.1. The number of nitrogens with zero attached hydrogens (tertiary/aromatic N) is 3. The lowest BCUT2D eigenvalue weighted by Crippen LogP contribution is -2.39. The van der Waals surface area contributed by atoms with Gasteiger partial charge in [0.15, 0.2) is 0 Å². The number of halogens is 2. The molecule has 3 aromatic rings. The molecule has 1 aliphatic heterocycles. The van der Waals surface area contributed by atoms with Crippen LogP contribution in [0.25, 0.3) is 11.4 Å². The van der Waals surface area contributed by atoms with Crippen LogP contribution in [0.1, 0.15) is 35.0 Å². The molecule has 0 N–H and O–H groups in total. The van der Waals surface area contributed by atoms with E-state index in [2.05, 4.69) is 10.1 Å². The van der Waals surface area contributed by atoms with Crippen LogP contribution < -0.4 is 0 Å². The summed E-state index contributed by atoms with van der Waals surface area (Å²) in [5.74, 6) is 1.08. The second kappa shape index (κ2) is 7.71. The zero-order valence-corrected chi connectivity index (χ0v) is 16.0. The molecule has 2 aromatic carbocycles. The first-order valence-corrected chi connectivity index (χ1v) is 9.50. The van der Waals surface area contributed by atoms with Crippen molar-refractivity contribution in [1.82, 2.24) is 15.0 Å². The molecule has 27 heavy (non-hydrogen) atoms. The summed E-state index contributed by atoms with van der Waals surface area (Å²) in [6, 6.07) is 14.3. The van der Waals surface area contributed by atoms with Gasteiger partial charge in [-0.1, -0.05) is 34.4 Å². The first-order valence-electron chi connectivity index (χ1n) is 8.74. The van der Waals surface area contributed by atoms with Crippen molar-refractivity contribution in [3.8, 4) is 11.4 Å². The Morgan fingerprint density at radius 3 is 2.70 bits per heavy atom. The number of hydrogen-bond acceptors (Lipinski definition) is 4. The maximum Gasteiger partial charge on any atom is 0.253 e. The minimum atomic E-state index is -0.0281. The van der Waals surface area contributed by atoms with E-state index in [-0.39, 0.29) is 11.8 Å². The Labute approximate surface area is 166 Å². The van der Waals surface area contributed by atoms with Gasteiger partial charge in [-0.2, -0.15) is 4.98 Å². The molecular weight excluding hydrogens is 385 g/mol. The molecule has 0 aliphatic carbocycles. The van der Waals surface area contributed by atoms with Gasteiger partial charge in [-0.25, -0.2) is 0 Å². The van der Waals surface area contributed by atoms with Crippen molar-refractivity contribution in [3.63, 3.8) is 0 Å². The van der Waals surface area contributed by atoms with Crippen molar-refractivity contribution >= 4 is 29.1 Å². The van der Waals surface area contributed by atoms with Gasteiger partial charge < -0.3 is 9.42 Å². The van der Waals surface area contributed by atoms with Gasteiger partial charge in [0.25, 0.3) is 5.91 Å². The number of benzene rings is 2.